The molecule has 0 spiro atoms. The van der Waals surface area contributed by atoms with E-state index in [1.807, 2.05) is 32.0 Å². The summed E-state index contributed by atoms with van der Waals surface area (Å²) in [6, 6.07) is 5.63. The van der Waals surface area contributed by atoms with Gasteiger partial charge in [0.25, 0.3) is 0 Å². The first kappa shape index (κ1) is 15.3. The monoisotopic (exact) mass is 318 g/mol. The van der Waals surface area contributed by atoms with Gasteiger partial charge >= 0.3 is 0 Å². The summed E-state index contributed by atoms with van der Waals surface area (Å²) < 4.78 is 22.6. The molecule has 1 aromatic carbocycles. The van der Waals surface area contributed by atoms with Gasteiger partial charge in [-0.3, -0.25) is 0 Å². The SMILES string of the molecule is CCOC(COc1cccc(Br)c1OC)OCC. The van der Waals surface area contributed by atoms with Gasteiger partial charge in [0, 0.05) is 13.2 Å². The van der Waals surface area contributed by atoms with Gasteiger partial charge in [0.2, 0.25) is 0 Å². The van der Waals surface area contributed by atoms with Gasteiger partial charge in [-0.1, -0.05) is 6.07 Å². The highest BCUT2D eigenvalue weighted by Gasteiger charge is 2.12. The Labute approximate surface area is 116 Å². The van der Waals surface area contributed by atoms with Gasteiger partial charge in [0.05, 0.1) is 11.6 Å². The largest absolute Gasteiger partial charge is 0.492 e. The Bertz CT molecular complexity index is 351. The normalized spacial score (nSPS) is 10.7. The molecule has 0 N–H and O–H groups in total. The summed E-state index contributed by atoms with van der Waals surface area (Å²) >= 11 is 3.41. The molecule has 0 amide bonds. The first-order valence-electron chi connectivity index (χ1n) is 5.91. The maximum Gasteiger partial charge on any atom is 0.191 e. The minimum absolute atomic E-state index is 0.328. The van der Waals surface area contributed by atoms with Crippen molar-refractivity contribution in [3.05, 3.63) is 22.7 Å². The molecule has 0 saturated heterocycles. The Morgan fingerprint density at radius 3 is 2.39 bits per heavy atom. The first-order chi connectivity index (χ1) is 8.72. The second kappa shape index (κ2) is 8.34. The van der Waals surface area contributed by atoms with Gasteiger partial charge in [0.1, 0.15) is 6.61 Å². The van der Waals surface area contributed by atoms with E-state index in [4.69, 9.17) is 18.9 Å². The third-order valence-electron chi connectivity index (χ3n) is 2.22. The number of hydrogen-bond donors (Lipinski definition) is 0. The van der Waals surface area contributed by atoms with Crippen LogP contribution in [0.3, 0.4) is 0 Å². The number of halogens is 1. The second-order valence-corrected chi connectivity index (χ2v) is 4.28. The lowest BCUT2D eigenvalue weighted by Gasteiger charge is -2.18. The Morgan fingerprint density at radius 1 is 1.17 bits per heavy atom. The predicted molar refractivity (Wildman–Crippen MR) is 73.2 cm³/mol. The highest BCUT2D eigenvalue weighted by Crippen LogP contribution is 2.34. The van der Waals surface area contributed by atoms with Gasteiger partial charge in [-0.25, -0.2) is 0 Å². The second-order valence-electron chi connectivity index (χ2n) is 3.42. The van der Waals surface area contributed by atoms with Crippen molar-refractivity contribution < 1.29 is 18.9 Å². The number of methoxy groups -OCH3 is 1. The first-order valence-corrected chi connectivity index (χ1v) is 6.70. The molecule has 0 unspecified atom stereocenters. The van der Waals surface area contributed by atoms with Crippen LogP contribution in [-0.2, 0) is 9.47 Å². The molecule has 1 aromatic rings. The molecule has 0 saturated carbocycles. The Morgan fingerprint density at radius 2 is 1.83 bits per heavy atom. The van der Waals surface area contributed by atoms with Gasteiger partial charge in [0.15, 0.2) is 17.8 Å². The van der Waals surface area contributed by atoms with Crippen LogP contribution < -0.4 is 9.47 Å². The standard InChI is InChI=1S/C13H19BrO4/c1-4-16-12(17-5-2)9-18-11-8-6-7-10(14)13(11)15-3/h6-8,12H,4-5,9H2,1-3H3. The molecule has 18 heavy (non-hydrogen) atoms. The van der Waals surface area contributed by atoms with Crippen LogP contribution in [0.1, 0.15) is 13.8 Å². The summed E-state index contributed by atoms with van der Waals surface area (Å²) in [7, 11) is 1.61. The Hall–Kier alpha value is -0.780. The maximum absolute atomic E-state index is 5.67. The van der Waals surface area contributed by atoms with Crippen molar-refractivity contribution in [2.75, 3.05) is 26.9 Å². The molecular formula is C13H19BrO4. The third kappa shape index (κ3) is 4.48. The summed E-state index contributed by atoms with van der Waals surface area (Å²) in [6.45, 7) is 5.35. The molecule has 0 aromatic heterocycles. The van der Waals surface area contributed by atoms with Crippen molar-refractivity contribution in [1.82, 2.24) is 0 Å². The topological polar surface area (TPSA) is 36.9 Å². The lowest BCUT2D eigenvalue weighted by atomic mass is 10.3. The lowest BCUT2D eigenvalue weighted by Crippen LogP contribution is -2.25. The molecule has 0 radical (unpaired) electrons. The number of para-hydroxylation sites is 1. The molecule has 4 nitrogen and oxygen atoms in total. The Balaban J connectivity index is 2.63. The summed E-state index contributed by atoms with van der Waals surface area (Å²) in [5, 5.41) is 0. The van der Waals surface area contributed by atoms with Crippen molar-refractivity contribution in [3.8, 4) is 11.5 Å². The van der Waals surface area contributed by atoms with Crippen LogP contribution in [0.4, 0.5) is 0 Å². The number of benzene rings is 1. The van der Waals surface area contributed by atoms with Crippen LogP contribution in [0.2, 0.25) is 0 Å². The highest BCUT2D eigenvalue weighted by molar-refractivity contribution is 9.10. The molecule has 0 fully saturated rings. The van der Waals surface area contributed by atoms with Crippen molar-refractivity contribution in [3.63, 3.8) is 0 Å². The van der Waals surface area contributed by atoms with Crippen molar-refractivity contribution in [2.24, 2.45) is 0 Å². The summed E-state index contributed by atoms with van der Waals surface area (Å²) in [5.74, 6) is 1.33. The Kier molecular flexibility index (Phi) is 7.08. The van der Waals surface area contributed by atoms with Gasteiger partial charge in [-0.15, -0.1) is 0 Å². The third-order valence-corrected chi connectivity index (χ3v) is 2.84. The summed E-state index contributed by atoms with van der Waals surface area (Å²) in [6.07, 6.45) is -0.358. The molecule has 1 rings (SSSR count). The van der Waals surface area contributed by atoms with E-state index in [0.717, 1.165) is 4.47 Å². The van der Waals surface area contributed by atoms with E-state index in [1.165, 1.54) is 0 Å². The van der Waals surface area contributed by atoms with Gasteiger partial charge < -0.3 is 18.9 Å². The van der Waals surface area contributed by atoms with Crippen molar-refractivity contribution in [2.45, 2.75) is 20.1 Å². The van der Waals surface area contributed by atoms with Gasteiger partial charge in [-0.2, -0.15) is 0 Å². The van der Waals surface area contributed by atoms with Crippen LogP contribution in [0.5, 0.6) is 11.5 Å². The molecule has 0 aliphatic carbocycles. The highest BCUT2D eigenvalue weighted by atomic mass is 79.9. The smallest absolute Gasteiger partial charge is 0.191 e. The molecule has 5 heteroatoms. The summed E-state index contributed by atoms with van der Waals surface area (Å²) in [4.78, 5) is 0. The van der Waals surface area contributed by atoms with Crippen LogP contribution >= 0.6 is 15.9 Å². The van der Waals surface area contributed by atoms with E-state index in [0.29, 0.717) is 31.3 Å². The number of ether oxygens (including phenoxy) is 4. The van der Waals surface area contributed by atoms with E-state index < -0.39 is 0 Å². The van der Waals surface area contributed by atoms with Crippen LogP contribution in [0.15, 0.2) is 22.7 Å². The quantitative estimate of drug-likeness (QED) is 0.689. The fraction of sp³-hybridized carbons (Fsp3) is 0.538. The van der Waals surface area contributed by atoms with E-state index in [-0.39, 0.29) is 6.29 Å². The average Bonchev–Trinajstić information content (AvgIpc) is 2.36. The van der Waals surface area contributed by atoms with Crippen LogP contribution in [0.25, 0.3) is 0 Å². The van der Waals surface area contributed by atoms with E-state index >= 15 is 0 Å². The molecular weight excluding hydrogens is 300 g/mol. The van der Waals surface area contributed by atoms with Crippen molar-refractivity contribution in [1.29, 1.82) is 0 Å². The fourth-order valence-corrected chi connectivity index (χ4v) is 1.98. The summed E-state index contributed by atoms with van der Waals surface area (Å²) in [5.41, 5.74) is 0. The van der Waals surface area contributed by atoms with E-state index in [1.54, 1.807) is 7.11 Å². The molecule has 0 aliphatic heterocycles. The van der Waals surface area contributed by atoms with Crippen molar-refractivity contribution >= 4 is 15.9 Å². The fourth-order valence-electron chi connectivity index (χ4n) is 1.47. The molecule has 0 atom stereocenters. The number of rotatable bonds is 8. The average molecular weight is 319 g/mol. The molecule has 102 valence electrons. The minimum Gasteiger partial charge on any atom is -0.492 e. The zero-order chi connectivity index (χ0) is 13.4. The number of hydrogen-bond acceptors (Lipinski definition) is 4. The van der Waals surface area contributed by atoms with Crippen LogP contribution in [0, 0.1) is 0 Å². The van der Waals surface area contributed by atoms with E-state index in [9.17, 15) is 0 Å². The van der Waals surface area contributed by atoms with Crippen LogP contribution in [-0.4, -0.2) is 33.2 Å². The predicted octanol–water partition coefficient (Wildman–Crippen LogP) is 3.24. The zero-order valence-electron chi connectivity index (χ0n) is 10.9. The molecule has 0 bridgehead atoms. The maximum atomic E-state index is 5.67. The minimum atomic E-state index is -0.358. The lowest BCUT2D eigenvalue weighted by molar-refractivity contribution is -0.152. The van der Waals surface area contributed by atoms with E-state index in [2.05, 4.69) is 15.9 Å². The molecule has 0 aliphatic rings. The molecule has 0 heterocycles. The van der Waals surface area contributed by atoms with Gasteiger partial charge in [-0.05, 0) is 41.9 Å². The zero-order valence-corrected chi connectivity index (χ0v) is 12.5.